The minimum atomic E-state index is -0.350. The Labute approximate surface area is 182 Å². The highest BCUT2D eigenvalue weighted by Crippen LogP contribution is 2.32. The molecule has 5 aromatic rings. The molecule has 0 unspecified atom stereocenters. The molecule has 0 bridgehead atoms. The van der Waals surface area contributed by atoms with Crippen LogP contribution in [0.5, 0.6) is 0 Å². The van der Waals surface area contributed by atoms with Crippen LogP contribution in [0.2, 0.25) is 0 Å². The molecule has 0 aliphatic rings. The summed E-state index contributed by atoms with van der Waals surface area (Å²) >= 11 is 0. The quantitative estimate of drug-likeness (QED) is 0.382. The molecule has 2 N–H and O–H groups in total. The van der Waals surface area contributed by atoms with E-state index in [4.69, 9.17) is 0 Å². The molecule has 4 nitrogen and oxygen atoms in total. The molecule has 0 radical (unpaired) electrons. The van der Waals surface area contributed by atoms with Crippen LogP contribution in [0.25, 0.3) is 33.1 Å². The number of pyridine rings is 1. The van der Waals surface area contributed by atoms with Crippen molar-refractivity contribution in [2.75, 3.05) is 6.54 Å². The van der Waals surface area contributed by atoms with E-state index in [1.807, 2.05) is 24.3 Å². The van der Waals surface area contributed by atoms with Crippen LogP contribution in [0.4, 0.5) is 8.78 Å². The Kier molecular flexibility index (Phi) is 5.11. The van der Waals surface area contributed by atoms with Gasteiger partial charge in [0, 0.05) is 28.4 Å². The van der Waals surface area contributed by atoms with E-state index in [0.717, 1.165) is 21.8 Å². The van der Waals surface area contributed by atoms with Crippen molar-refractivity contribution in [3.05, 3.63) is 102 Å². The van der Waals surface area contributed by atoms with Gasteiger partial charge < -0.3 is 10.3 Å². The molecule has 0 fully saturated rings. The summed E-state index contributed by atoms with van der Waals surface area (Å²) < 4.78 is 27.3. The van der Waals surface area contributed by atoms with Gasteiger partial charge in [0.15, 0.2) is 0 Å². The number of H-pyrrole nitrogens is 1. The Morgan fingerprint density at radius 2 is 1.66 bits per heavy atom. The normalized spacial score (nSPS) is 11.2. The van der Waals surface area contributed by atoms with Crippen molar-refractivity contribution in [2.24, 2.45) is 0 Å². The van der Waals surface area contributed by atoms with Crippen LogP contribution in [0.3, 0.4) is 0 Å². The average molecular weight is 427 g/mol. The molecular formula is C26H19F2N3O. The maximum absolute atomic E-state index is 13.8. The zero-order chi connectivity index (χ0) is 22.1. The molecule has 0 aliphatic carbocycles. The van der Waals surface area contributed by atoms with Crippen LogP contribution in [-0.2, 0) is 6.42 Å². The van der Waals surface area contributed by atoms with Crippen molar-refractivity contribution in [1.82, 2.24) is 15.3 Å². The van der Waals surface area contributed by atoms with Gasteiger partial charge >= 0.3 is 0 Å². The van der Waals surface area contributed by atoms with Gasteiger partial charge in [-0.25, -0.2) is 13.8 Å². The minimum Gasteiger partial charge on any atom is -0.353 e. The second kappa shape index (κ2) is 8.23. The van der Waals surface area contributed by atoms with E-state index < -0.39 is 0 Å². The van der Waals surface area contributed by atoms with Gasteiger partial charge in [0.25, 0.3) is 5.91 Å². The average Bonchev–Trinajstić information content (AvgIpc) is 3.19. The zero-order valence-corrected chi connectivity index (χ0v) is 17.0. The lowest BCUT2D eigenvalue weighted by Gasteiger charge is -2.09. The SMILES string of the molecule is O=C(NCCc1ccccc1F)c1cc2c([nH]c3ccccc32)c(-c2ccc(F)cc2)n1. The van der Waals surface area contributed by atoms with Crippen molar-refractivity contribution in [3.63, 3.8) is 0 Å². The second-order valence-corrected chi connectivity index (χ2v) is 7.55. The predicted octanol–water partition coefficient (Wildman–Crippen LogP) is 5.63. The number of amides is 1. The van der Waals surface area contributed by atoms with Gasteiger partial charge in [-0.3, -0.25) is 4.79 Å². The standard InChI is InChI=1S/C26H19F2N3O/c27-18-11-9-17(10-12-18)24-25-20(19-6-2-4-8-22(19)30-25)15-23(31-24)26(32)29-14-13-16-5-1-3-7-21(16)28/h1-12,15,30H,13-14H2,(H,29,32). The highest BCUT2D eigenvalue weighted by Gasteiger charge is 2.17. The number of halogens is 2. The first-order chi connectivity index (χ1) is 15.6. The lowest BCUT2D eigenvalue weighted by Crippen LogP contribution is -2.26. The van der Waals surface area contributed by atoms with Crippen molar-refractivity contribution in [1.29, 1.82) is 0 Å². The molecule has 1 amide bonds. The fraction of sp³-hybridized carbons (Fsp3) is 0.0769. The van der Waals surface area contributed by atoms with Gasteiger partial charge in [-0.15, -0.1) is 0 Å². The van der Waals surface area contributed by atoms with Crippen LogP contribution in [0.15, 0.2) is 78.9 Å². The van der Waals surface area contributed by atoms with Crippen molar-refractivity contribution in [2.45, 2.75) is 6.42 Å². The van der Waals surface area contributed by atoms with Crippen LogP contribution < -0.4 is 5.32 Å². The third-order valence-electron chi connectivity index (χ3n) is 5.48. The molecule has 32 heavy (non-hydrogen) atoms. The Morgan fingerprint density at radius 1 is 0.906 bits per heavy atom. The van der Waals surface area contributed by atoms with Gasteiger partial charge in [0.2, 0.25) is 0 Å². The number of rotatable bonds is 5. The highest BCUT2D eigenvalue weighted by atomic mass is 19.1. The number of aromatic nitrogens is 2. The van der Waals surface area contributed by atoms with E-state index in [0.29, 0.717) is 23.2 Å². The summed E-state index contributed by atoms with van der Waals surface area (Å²) in [6, 6.07) is 22.1. The number of nitrogens with zero attached hydrogens (tertiary/aromatic N) is 1. The summed E-state index contributed by atoms with van der Waals surface area (Å²) in [5, 5.41) is 4.65. The van der Waals surface area contributed by atoms with Gasteiger partial charge in [-0.2, -0.15) is 0 Å². The molecule has 0 spiro atoms. The first-order valence-corrected chi connectivity index (χ1v) is 10.3. The predicted molar refractivity (Wildman–Crippen MR) is 121 cm³/mol. The number of fused-ring (bicyclic) bond motifs is 3. The summed E-state index contributed by atoms with van der Waals surface area (Å²) in [7, 11) is 0. The number of nitrogens with one attached hydrogen (secondary N) is 2. The van der Waals surface area contributed by atoms with E-state index in [9.17, 15) is 13.6 Å². The molecule has 3 aromatic carbocycles. The molecule has 6 heteroatoms. The van der Waals surface area contributed by atoms with Gasteiger partial charge in [0.05, 0.1) is 11.2 Å². The lowest BCUT2D eigenvalue weighted by atomic mass is 10.1. The highest BCUT2D eigenvalue weighted by molar-refractivity contribution is 6.13. The topological polar surface area (TPSA) is 57.8 Å². The summed E-state index contributed by atoms with van der Waals surface area (Å²) in [5.41, 5.74) is 3.75. The van der Waals surface area contributed by atoms with Crippen molar-refractivity contribution in [3.8, 4) is 11.3 Å². The third kappa shape index (κ3) is 3.71. The summed E-state index contributed by atoms with van der Waals surface area (Å²) in [6.45, 7) is 0.277. The maximum atomic E-state index is 13.8. The molecule has 5 rings (SSSR count). The number of benzene rings is 3. The monoisotopic (exact) mass is 427 g/mol. The molecule has 158 valence electrons. The summed E-state index contributed by atoms with van der Waals surface area (Å²) in [5.74, 6) is -0.987. The molecular weight excluding hydrogens is 408 g/mol. The smallest absolute Gasteiger partial charge is 0.269 e. The van der Waals surface area contributed by atoms with E-state index in [2.05, 4.69) is 15.3 Å². The van der Waals surface area contributed by atoms with E-state index in [1.54, 1.807) is 36.4 Å². The molecule has 0 atom stereocenters. The number of hydrogen-bond acceptors (Lipinski definition) is 2. The first-order valence-electron chi connectivity index (χ1n) is 10.3. The van der Waals surface area contributed by atoms with E-state index >= 15 is 0 Å². The number of aromatic amines is 1. The van der Waals surface area contributed by atoms with Crippen LogP contribution >= 0.6 is 0 Å². The molecule has 0 saturated heterocycles. The molecule has 0 aliphatic heterocycles. The van der Waals surface area contributed by atoms with Crippen LogP contribution in [-0.4, -0.2) is 22.4 Å². The zero-order valence-electron chi connectivity index (χ0n) is 17.0. The largest absolute Gasteiger partial charge is 0.353 e. The maximum Gasteiger partial charge on any atom is 0.269 e. The van der Waals surface area contributed by atoms with Crippen LogP contribution in [0, 0.1) is 11.6 Å². The number of para-hydroxylation sites is 1. The van der Waals surface area contributed by atoms with Crippen molar-refractivity contribution >= 4 is 27.7 Å². The Morgan fingerprint density at radius 3 is 2.47 bits per heavy atom. The summed E-state index contributed by atoms with van der Waals surface area (Å²) in [4.78, 5) is 20.9. The van der Waals surface area contributed by atoms with Gasteiger partial charge in [-0.05, 0) is 54.4 Å². The first kappa shape index (κ1) is 19.9. The summed E-state index contributed by atoms with van der Waals surface area (Å²) in [6.07, 6.45) is 0.374. The fourth-order valence-electron chi connectivity index (χ4n) is 3.88. The molecule has 2 heterocycles. The number of hydrogen-bond donors (Lipinski definition) is 2. The minimum absolute atomic E-state index is 0.245. The number of carbonyl (C=O) groups excluding carboxylic acids is 1. The van der Waals surface area contributed by atoms with E-state index in [-0.39, 0.29) is 29.8 Å². The fourth-order valence-corrected chi connectivity index (χ4v) is 3.88. The third-order valence-corrected chi connectivity index (χ3v) is 5.48. The second-order valence-electron chi connectivity index (χ2n) is 7.55. The van der Waals surface area contributed by atoms with Gasteiger partial charge in [0.1, 0.15) is 17.3 Å². The lowest BCUT2D eigenvalue weighted by molar-refractivity contribution is 0.0949. The van der Waals surface area contributed by atoms with Crippen LogP contribution in [0.1, 0.15) is 16.1 Å². The Bertz CT molecular complexity index is 1440. The van der Waals surface area contributed by atoms with Crippen molar-refractivity contribution < 1.29 is 13.6 Å². The van der Waals surface area contributed by atoms with E-state index in [1.165, 1.54) is 18.2 Å². The Hall–Kier alpha value is -4.06. The Balaban J connectivity index is 1.52. The van der Waals surface area contributed by atoms with Gasteiger partial charge in [-0.1, -0.05) is 36.4 Å². The number of carbonyl (C=O) groups is 1. The molecule has 2 aromatic heterocycles. The molecule has 0 saturated carbocycles.